The van der Waals surface area contributed by atoms with E-state index in [9.17, 15) is 13.5 Å². The zero-order chi connectivity index (χ0) is 14.6. The predicted octanol–water partition coefficient (Wildman–Crippen LogP) is 1.18. The van der Waals surface area contributed by atoms with E-state index in [1.165, 1.54) is 19.3 Å². The summed E-state index contributed by atoms with van der Waals surface area (Å²) in [4.78, 5) is 0. The second kappa shape index (κ2) is 4.66. The summed E-state index contributed by atoms with van der Waals surface area (Å²) >= 11 is 0. The van der Waals surface area contributed by atoms with E-state index in [0.29, 0.717) is 5.41 Å². The molecule has 0 spiro atoms. The first-order valence-corrected chi connectivity index (χ1v) is 9.16. The summed E-state index contributed by atoms with van der Waals surface area (Å²) in [6.45, 7) is 2.62. The molecule has 6 heteroatoms. The van der Waals surface area contributed by atoms with Crippen molar-refractivity contribution < 1.29 is 18.1 Å². The van der Waals surface area contributed by atoms with Crippen LogP contribution < -0.4 is 5.32 Å². The number of aliphatic hydroxyl groups is 1. The van der Waals surface area contributed by atoms with Gasteiger partial charge in [-0.1, -0.05) is 6.92 Å². The SMILES string of the molecule is C[C@]12C[C@@H]3C[C@@H](CC(NCC(O)CS(=O)(=O)O)(C3)C1)C2. The van der Waals surface area contributed by atoms with E-state index in [0.717, 1.165) is 31.1 Å². The molecular formula is C14H25NO4S. The normalized spacial score (nSPS) is 44.8. The maximum Gasteiger partial charge on any atom is 0.267 e. The number of hydrogen-bond acceptors (Lipinski definition) is 4. The third kappa shape index (κ3) is 3.03. The van der Waals surface area contributed by atoms with Crippen LogP contribution in [0.1, 0.15) is 45.4 Å². The molecule has 4 bridgehead atoms. The molecule has 0 aromatic rings. The Hall–Kier alpha value is -0.170. The molecule has 0 aromatic carbocycles. The van der Waals surface area contributed by atoms with E-state index >= 15 is 0 Å². The van der Waals surface area contributed by atoms with Crippen LogP contribution in [0.25, 0.3) is 0 Å². The maximum atomic E-state index is 10.8. The van der Waals surface area contributed by atoms with Crippen molar-refractivity contribution >= 4 is 10.1 Å². The minimum Gasteiger partial charge on any atom is -0.391 e. The van der Waals surface area contributed by atoms with Gasteiger partial charge in [0, 0.05) is 12.1 Å². The third-order valence-corrected chi connectivity index (χ3v) is 6.28. The predicted molar refractivity (Wildman–Crippen MR) is 75.9 cm³/mol. The first-order chi connectivity index (χ1) is 9.17. The average Bonchev–Trinajstić information content (AvgIpc) is 2.20. The van der Waals surface area contributed by atoms with Gasteiger partial charge in [-0.15, -0.1) is 0 Å². The Morgan fingerprint density at radius 1 is 1.25 bits per heavy atom. The molecule has 2 unspecified atom stereocenters. The Labute approximate surface area is 120 Å². The third-order valence-electron chi connectivity index (χ3n) is 5.47. The lowest BCUT2D eigenvalue weighted by Gasteiger charge is -2.61. The summed E-state index contributed by atoms with van der Waals surface area (Å²) in [5, 5.41) is 13.2. The molecule has 4 fully saturated rings. The highest BCUT2D eigenvalue weighted by Gasteiger charge is 2.55. The van der Waals surface area contributed by atoms with Crippen LogP contribution in [0, 0.1) is 17.3 Å². The first kappa shape index (κ1) is 14.8. The van der Waals surface area contributed by atoms with E-state index in [1.807, 2.05) is 0 Å². The number of aliphatic hydroxyl groups excluding tert-OH is 1. The second-order valence-electron chi connectivity index (χ2n) is 7.84. The molecule has 4 saturated carbocycles. The smallest absolute Gasteiger partial charge is 0.267 e. The van der Waals surface area contributed by atoms with Gasteiger partial charge in [-0.3, -0.25) is 4.55 Å². The monoisotopic (exact) mass is 303 g/mol. The molecule has 0 amide bonds. The van der Waals surface area contributed by atoms with Gasteiger partial charge < -0.3 is 10.4 Å². The molecule has 20 heavy (non-hydrogen) atoms. The van der Waals surface area contributed by atoms with Crippen molar-refractivity contribution in [3.05, 3.63) is 0 Å². The van der Waals surface area contributed by atoms with Crippen LogP contribution in [0.5, 0.6) is 0 Å². The molecule has 116 valence electrons. The van der Waals surface area contributed by atoms with Crippen LogP contribution in [0.15, 0.2) is 0 Å². The molecule has 0 saturated heterocycles. The van der Waals surface area contributed by atoms with Crippen molar-refractivity contribution in [2.24, 2.45) is 17.3 Å². The van der Waals surface area contributed by atoms with Gasteiger partial charge in [0.05, 0.1) is 6.10 Å². The molecular weight excluding hydrogens is 278 g/mol. The van der Waals surface area contributed by atoms with Gasteiger partial charge in [0.2, 0.25) is 0 Å². The minimum absolute atomic E-state index is 0.0824. The average molecular weight is 303 g/mol. The van der Waals surface area contributed by atoms with Crippen molar-refractivity contribution in [3.63, 3.8) is 0 Å². The molecule has 4 aliphatic rings. The lowest BCUT2D eigenvalue weighted by atomic mass is 9.47. The number of rotatable bonds is 5. The zero-order valence-corrected chi connectivity index (χ0v) is 12.8. The lowest BCUT2D eigenvalue weighted by Crippen LogP contribution is -2.62. The van der Waals surface area contributed by atoms with Crippen molar-refractivity contribution in [1.82, 2.24) is 5.32 Å². The van der Waals surface area contributed by atoms with E-state index in [1.54, 1.807) is 0 Å². The molecule has 4 rings (SSSR count). The van der Waals surface area contributed by atoms with Gasteiger partial charge in [0.1, 0.15) is 5.75 Å². The number of hydrogen-bond donors (Lipinski definition) is 3. The van der Waals surface area contributed by atoms with Gasteiger partial charge in [0.25, 0.3) is 10.1 Å². The number of β-amino-alcohol motifs (C(OH)–C–C–N with tert-alkyl or cyclic N) is 1. The second-order valence-corrected chi connectivity index (χ2v) is 9.33. The fourth-order valence-electron chi connectivity index (χ4n) is 5.56. The van der Waals surface area contributed by atoms with Crippen molar-refractivity contribution in [2.45, 2.75) is 57.1 Å². The molecule has 0 aliphatic heterocycles. The van der Waals surface area contributed by atoms with Gasteiger partial charge in [0.15, 0.2) is 0 Å². The molecule has 0 aromatic heterocycles. The van der Waals surface area contributed by atoms with Gasteiger partial charge in [-0.2, -0.15) is 8.42 Å². The summed E-state index contributed by atoms with van der Waals surface area (Å²) in [6, 6.07) is 0. The van der Waals surface area contributed by atoms with Crippen LogP contribution in [0.3, 0.4) is 0 Å². The molecule has 4 aliphatic carbocycles. The Morgan fingerprint density at radius 3 is 2.35 bits per heavy atom. The minimum atomic E-state index is -4.10. The largest absolute Gasteiger partial charge is 0.391 e. The van der Waals surface area contributed by atoms with Gasteiger partial charge in [-0.05, 0) is 55.8 Å². The van der Waals surface area contributed by atoms with Crippen molar-refractivity contribution in [2.75, 3.05) is 12.3 Å². The fourth-order valence-corrected chi connectivity index (χ4v) is 6.17. The standard InChI is InChI=1S/C14H25NO4S/c1-13-3-10-2-11(4-13)6-14(5-10,9-13)15-7-12(16)8-20(17,18)19/h10-12,15-16H,2-9H2,1H3,(H,17,18,19)/t10-,11+,12?,13+,14?. The molecule has 5 nitrogen and oxygen atoms in total. The zero-order valence-electron chi connectivity index (χ0n) is 12.0. The molecule has 3 N–H and O–H groups in total. The topological polar surface area (TPSA) is 86.6 Å². The van der Waals surface area contributed by atoms with Crippen LogP contribution >= 0.6 is 0 Å². The van der Waals surface area contributed by atoms with E-state index in [2.05, 4.69) is 12.2 Å². The van der Waals surface area contributed by atoms with Crippen LogP contribution in [0.4, 0.5) is 0 Å². The summed E-state index contributed by atoms with van der Waals surface area (Å²) < 4.78 is 30.3. The van der Waals surface area contributed by atoms with Crippen LogP contribution in [-0.2, 0) is 10.1 Å². The molecule has 0 heterocycles. The van der Waals surface area contributed by atoms with Gasteiger partial charge >= 0.3 is 0 Å². The molecule has 0 radical (unpaired) electrons. The number of nitrogens with one attached hydrogen (secondary N) is 1. The van der Waals surface area contributed by atoms with E-state index < -0.39 is 22.0 Å². The lowest BCUT2D eigenvalue weighted by molar-refractivity contribution is -0.0743. The Bertz CT molecular complexity index is 475. The van der Waals surface area contributed by atoms with Gasteiger partial charge in [-0.25, -0.2) is 0 Å². The fraction of sp³-hybridized carbons (Fsp3) is 1.00. The first-order valence-electron chi connectivity index (χ1n) is 7.55. The Balaban J connectivity index is 1.63. The summed E-state index contributed by atoms with van der Waals surface area (Å²) in [6.07, 6.45) is 6.37. The Kier molecular flexibility index (Phi) is 3.44. The quantitative estimate of drug-likeness (QED) is 0.664. The summed E-state index contributed by atoms with van der Waals surface area (Å²) in [5.41, 5.74) is 0.504. The Morgan fingerprint density at radius 2 is 1.85 bits per heavy atom. The van der Waals surface area contributed by atoms with Crippen LogP contribution in [-0.4, -0.2) is 42.0 Å². The summed E-state index contributed by atoms with van der Waals surface area (Å²) in [7, 11) is -4.10. The maximum absolute atomic E-state index is 10.8. The van der Waals surface area contributed by atoms with Crippen molar-refractivity contribution in [1.29, 1.82) is 0 Å². The highest BCUT2D eigenvalue weighted by Crippen LogP contribution is 2.61. The van der Waals surface area contributed by atoms with Crippen LogP contribution in [0.2, 0.25) is 0 Å². The highest BCUT2D eigenvalue weighted by molar-refractivity contribution is 7.85. The summed E-state index contributed by atoms with van der Waals surface area (Å²) in [5.74, 6) is 0.986. The molecule has 5 atom stereocenters. The van der Waals surface area contributed by atoms with E-state index in [4.69, 9.17) is 4.55 Å². The van der Waals surface area contributed by atoms with E-state index in [-0.39, 0.29) is 12.1 Å². The van der Waals surface area contributed by atoms with Crippen molar-refractivity contribution in [3.8, 4) is 0 Å². The highest BCUT2D eigenvalue weighted by atomic mass is 32.2.